The maximum absolute atomic E-state index is 10.9. The Morgan fingerprint density at radius 1 is 1.75 bits per heavy atom. The monoisotopic (exact) mass is 167 g/mol. The summed E-state index contributed by atoms with van der Waals surface area (Å²) in [5.41, 5.74) is -0.0945. The third kappa shape index (κ3) is 2.17. The summed E-state index contributed by atoms with van der Waals surface area (Å²) in [6.45, 7) is 2.82. The number of aromatic amines is 1. The molecule has 4 nitrogen and oxygen atoms in total. The highest BCUT2D eigenvalue weighted by Gasteiger charge is 2.05. The average Bonchev–Trinajstić information content (AvgIpc) is 2.05. The van der Waals surface area contributed by atoms with E-state index in [9.17, 15) is 4.79 Å². The molecule has 1 unspecified atom stereocenters. The molecule has 0 aliphatic heterocycles. The molecule has 0 aromatic carbocycles. The quantitative estimate of drug-likeness (QED) is 0.671. The molecule has 0 saturated heterocycles. The first-order valence-electron chi connectivity index (χ1n) is 3.94. The van der Waals surface area contributed by atoms with E-state index in [4.69, 9.17) is 0 Å². The Hall–Kier alpha value is -1.16. The lowest BCUT2D eigenvalue weighted by Crippen LogP contribution is -2.19. The van der Waals surface area contributed by atoms with Crippen molar-refractivity contribution in [3.05, 3.63) is 28.4 Å². The molecule has 1 rings (SSSR count). The molecule has 0 bridgehead atoms. The van der Waals surface area contributed by atoms with Gasteiger partial charge in [0.1, 0.15) is 5.82 Å². The van der Waals surface area contributed by atoms with Crippen LogP contribution in [0.4, 0.5) is 0 Å². The van der Waals surface area contributed by atoms with E-state index in [0.717, 1.165) is 12.4 Å². The van der Waals surface area contributed by atoms with Crippen molar-refractivity contribution >= 4 is 0 Å². The normalized spacial score (nSPS) is 12.8. The average molecular weight is 167 g/mol. The lowest BCUT2D eigenvalue weighted by molar-refractivity contribution is 0.638. The van der Waals surface area contributed by atoms with Crippen LogP contribution in [0.5, 0.6) is 0 Å². The number of hydrogen-bond acceptors (Lipinski definition) is 3. The van der Waals surface area contributed by atoms with Crippen molar-refractivity contribution in [2.75, 3.05) is 13.6 Å². The van der Waals surface area contributed by atoms with Gasteiger partial charge in [0.2, 0.25) is 0 Å². The number of nitrogens with one attached hydrogen (secondary N) is 2. The molecule has 1 aromatic rings. The highest BCUT2D eigenvalue weighted by molar-refractivity contribution is 4.96. The van der Waals surface area contributed by atoms with Gasteiger partial charge in [-0.15, -0.1) is 0 Å². The molecule has 0 aliphatic rings. The summed E-state index contributed by atoms with van der Waals surface area (Å²) in [6, 6.07) is 1.41. The van der Waals surface area contributed by atoms with Crippen molar-refractivity contribution in [1.82, 2.24) is 15.3 Å². The summed E-state index contributed by atoms with van der Waals surface area (Å²) in [5.74, 6) is 0.973. The second-order valence-corrected chi connectivity index (χ2v) is 2.78. The number of rotatable bonds is 3. The molecule has 0 spiro atoms. The molecule has 0 aliphatic carbocycles. The maximum atomic E-state index is 10.9. The van der Waals surface area contributed by atoms with E-state index in [1.807, 2.05) is 14.0 Å². The molecule has 1 atom stereocenters. The van der Waals surface area contributed by atoms with E-state index in [-0.39, 0.29) is 11.5 Å². The van der Waals surface area contributed by atoms with Crippen LogP contribution in [0, 0.1) is 0 Å². The van der Waals surface area contributed by atoms with Crippen LogP contribution < -0.4 is 10.9 Å². The van der Waals surface area contributed by atoms with E-state index < -0.39 is 0 Å². The van der Waals surface area contributed by atoms with Gasteiger partial charge in [0.15, 0.2) is 0 Å². The largest absolute Gasteiger partial charge is 0.319 e. The van der Waals surface area contributed by atoms with Gasteiger partial charge in [-0.05, 0) is 7.05 Å². The van der Waals surface area contributed by atoms with Crippen molar-refractivity contribution in [1.29, 1.82) is 0 Å². The topological polar surface area (TPSA) is 57.8 Å². The van der Waals surface area contributed by atoms with Gasteiger partial charge in [0.05, 0.1) is 0 Å². The zero-order chi connectivity index (χ0) is 8.97. The second-order valence-electron chi connectivity index (χ2n) is 2.78. The smallest absolute Gasteiger partial charge is 0.250 e. The number of hydrogen-bond donors (Lipinski definition) is 2. The Balaban J connectivity index is 2.80. The molecule has 0 fully saturated rings. The molecule has 2 N–H and O–H groups in total. The van der Waals surface area contributed by atoms with E-state index in [2.05, 4.69) is 15.3 Å². The predicted molar refractivity (Wildman–Crippen MR) is 47.2 cm³/mol. The minimum Gasteiger partial charge on any atom is -0.319 e. The Labute approximate surface area is 71.0 Å². The summed E-state index contributed by atoms with van der Waals surface area (Å²) < 4.78 is 0. The Morgan fingerprint density at radius 2 is 2.50 bits per heavy atom. The fourth-order valence-electron chi connectivity index (χ4n) is 1.04. The van der Waals surface area contributed by atoms with Crippen LogP contribution in [0.1, 0.15) is 18.7 Å². The van der Waals surface area contributed by atoms with Gasteiger partial charge in [0.25, 0.3) is 5.56 Å². The highest BCUT2D eigenvalue weighted by atomic mass is 16.1. The van der Waals surface area contributed by atoms with E-state index in [1.165, 1.54) is 12.3 Å². The molecule has 1 aromatic heterocycles. The third-order valence-electron chi connectivity index (χ3n) is 1.67. The maximum Gasteiger partial charge on any atom is 0.250 e. The summed E-state index contributed by atoms with van der Waals surface area (Å²) in [7, 11) is 1.87. The van der Waals surface area contributed by atoms with Crippen LogP contribution in [0.3, 0.4) is 0 Å². The summed E-state index contributed by atoms with van der Waals surface area (Å²) in [6.07, 6.45) is 1.53. The van der Waals surface area contributed by atoms with E-state index in [1.54, 1.807) is 0 Å². The van der Waals surface area contributed by atoms with Gasteiger partial charge in [0, 0.05) is 24.7 Å². The van der Waals surface area contributed by atoms with Crippen molar-refractivity contribution < 1.29 is 0 Å². The number of nitrogens with zero attached hydrogens (tertiary/aromatic N) is 1. The molecule has 1 heterocycles. The van der Waals surface area contributed by atoms with Crippen molar-refractivity contribution in [2.45, 2.75) is 12.8 Å². The zero-order valence-electron chi connectivity index (χ0n) is 7.29. The van der Waals surface area contributed by atoms with E-state index >= 15 is 0 Å². The van der Waals surface area contributed by atoms with Gasteiger partial charge >= 0.3 is 0 Å². The fourth-order valence-corrected chi connectivity index (χ4v) is 1.04. The molecule has 4 heteroatoms. The fraction of sp³-hybridized carbons (Fsp3) is 0.500. The predicted octanol–water partition coefficient (Wildman–Crippen LogP) is 0.0928. The summed E-state index contributed by atoms with van der Waals surface area (Å²) in [5, 5.41) is 3.02. The molecule has 0 amide bonds. The van der Waals surface area contributed by atoms with Gasteiger partial charge in [-0.25, -0.2) is 4.98 Å². The molecule has 66 valence electrons. The second kappa shape index (κ2) is 4.01. The minimum absolute atomic E-state index is 0.0945. The lowest BCUT2D eigenvalue weighted by atomic mass is 10.1. The Morgan fingerprint density at radius 3 is 3.08 bits per heavy atom. The molecule has 12 heavy (non-hydrogen) atoms. The summed E-state index contributed by atoms with van der Waals surface area (Å²) >= 11 is 0. The minimum atomic E-state index is -0.0945. The third-order valence-corrected chi connectivity index (χ3v) is 1.67. The first-order valence-corrected chi connectivity index (χ1v) is 3.94. The standard InChI is InChI=1S/C8H13N3O/c1-6(5-9-2)8-10-4-3-7(12)11-8/h3-4,6,9H,5H2,1-2H3,(H,10,11,12). The number of H-pyrrole nitrogens is 1. The number of aromatic nitrogens is 2. The van der Waals surface area contributed by atoms with Crippen LogP contribution in [-0.2, 0) is 0 Å². The molecular weight excluding hydrogens is 154 g/mol. The highest BCUT2D eigenvalue weighted by Crippen LogP contribution is 2.04. The lowest BCUT2D eigenvalue weighted by Gasteiger charge is -2.08. The van der Waals surface area contributed by atoms with Crippen molar-refractivity contribution in [3.8, 4) is 0 Å². The van der Waals surface area contributed by atoms with Crippen LogP contribution in [0.2, 0.25) is 0 Å². The van der Waals surface area contributed by atoms with E-state index in [0.29, 0.717) is 0 Å². The van der Waals surface area contributed by atoms with Crippen LogP contribution in [0.15, 0.2) is 17.1 Å². The molecular formula is C8H13N3O. The first-order chi connectivity index (χ1) is 5.74. The summed E-state index contributed by atoms with van der Waals surface area (Å²) in [4.78, 5) is 17.6. The molecule has 0 radical (unpaired) electrons. The van der Waals surface area contributed by atoms with Crippen LogP contribution >= 0.6 is 0 Å². The van der Waals surface area contributed by atoms with Crippen LogP contribution in [-0.4, -0.2) is 23.6 Å². The Kier molecular flexibility index (Phi) is 2.99. The first kappa shape index (κ1) is 8.93. The van der Waals surface area contributed by atoms with Crippen molar-refractivity contribution in [2.24, 2.45) is 0 Å². The number of likely N-dealkylation sites (N-methyl/N-ethyl adjacent to an activating group) is 1. The van der Waals surface area contributed by atoms with Gasteiger partial charge in [-0.1, -0.05) is 6.92 Å². The van der Waals surface area contributed by atoms with Gasteiger partial charge in [-0.2, -0.15) is 0 Å². The Bertz CT molecular complexity index is 294. The van der Waals surface area contributed by atoms with Crippen molar-refractivity contribution in [3.63, 3.8) is 0 Å². The van der Waals surface area contributed by atoms with Gasteiger partial charge in [-0.3, -0.25) is 4.79 Å². The van der Waals surface area contributed by atoms with Gasteiger partial charge < -0.3 is 10.3 Å². The SMILES string of the molecule is CNCC(C)c1nccc(=O)[nH]1. The molecule has 0 saturated carbocycles. The van der Waals surface area contributed by atoms with Crippen LogP contribution in [0.25, 0.3) is 0 Å². The zero-order valence-corrected chi connectivity index (χ0v) is 7.29.